The third-order valence-electron chi connectivity index (χ3n) is 4.86. The van der Waals surface area contributed by atoms with Crippen LogP contribution in [-0.2, 0) is 33.6 Å². The molecule has 0 aromatic rings. The van der Waals surface area contributed by atoms with Gasteiger partial charge < -0.3 is 52.7 Å². The van der Waals surface area contributed by atoms with E-state index in [-0.39, 0.29) is 5.75 Å². The predicted molar refractivity (Wildman–Crippen MR) is 132 cm³/mol. The number of nitrogens with two attached hydrogens (primary N) is 1. The van der Waals surface area contributed by atoms with Crippen LogP contribution in [0.2, 0.25) is 0 Å². The highest BCUT2D eigenvalue weighted by molar-refractivity contribution is 7.80. The summed E-state index contributed by atoms with van der Waals surface area (Å²) in [4.78, 5) is 83.1. The number of hydrogen-bond acceptors (Lipinski definition) is 11. The maximum absolute atomic E-state index is 12.5. The van der Waals surface area contributed by atoms with Gasteiger partial charge in [-0.25, -0.2) is 0 Å². The Morgan fingerprint density at radius 2 is 1.42 bits per heavy atom. The van der Waals surface area contributed by atoms with Crippen LogP contribution >= 0.6 is 12.6 Å². The monoisotopic (exact) mass is 566 g/mol. The maximum Gasteiger partial charge on any atom is 0.325 e. The second-order valence-corrected chi connectivity index (χ2v) is 8.46. The molecule has 0 aliphatic heterocycles. The van der Waals surface area contributed by atoms with Gasteiger partial charge in [0, 0.05) is 12.2 Å². The SMILES string of the molecule is C[C@H](NC(=O)[C@H](CCC(=O)O)NC(=O)[C@H](CO)NC(=O)CNC(=O)[C@@H](NC(=O)[C@@H](N)CS)[C@@H](C)O)C(=O)O. The lowest BCUT2D eigenvalue weighted by atomic mass is 10.1. The van der Waals surface area contributed by atoms with Crippen LogP contribution in [0.3, 0.4) is 0 Å². The van der Waals surface area contributed by atoms with E-state index < -0.39 is 104 Å². The summed E-state index contributed by atoms with van der Waals surface area (Å²) < 4.78 is 0. The Hall–Kier alpha value is -3.48. The summed E-state index contributed by atoms with van der Waals surface area (Å²) in [7, 11) is 0. The van der Waals surface area contributed by atoms with E-state index in [0.717, 1.165) is 6.92 Å². The van der Waals surface area contributed by atoms with E-state index in [9.17, 15) is 43.8 Å². The van der Waals surface area contributed by atoms with Crippen molar-refractivity contribution in [3.05, 3.63) is 0 Å². The van der Waals surface area contributed by atoms with Crippen LogP contribution in [0.1, 0.15) is 26.7 Å². The first-order chi connectivity index (χ1) is 17.6. The molecule has 38 heavy (non-hydrogen) atoms. The van der Waals surface area contributed by atoms with E-state index in [1.165, 1.54) is 6.92 Å². The summed E-state index contributed by atoms with van der Waals surface area (Å²) >= 11 is 3.85. The van der Waals surface area contributed by atoms with Crippen molar-refractivity contribution < 1.29 is 54.0 Å². The minimum atomic E-state index is -1.64. The third-order valence-corrected chi connectivity index (χ3v) is 5.26. The number of aliphatic hydroxyl groups is 2. The molecule has 6 atom stereocenters. The first-order valence-electron chi connectivity index (χ1n) is 11.2. The highest BCUT2D eigenvalue weighted by Crippen LogP contribution is 2.01. The lowest BCUT2D eigenvalue weighted by Gasteiger charge is -2.23. The van der Waals surface area contributed by atoms with Gasteiger partial charge in [-0.3, -0.25) is 33.6 Å². The Bertz CT molecular complexity index is 888. The topological polar surface area (TPSA) is 287 Å². The van der Waals surface area contributed by atoms with E-state index in [1.807, 2.05) is 0 Å². The van der Waals surface area contributed by atoms with Gasteiger partial charge in [-0.2, -0.15) is 12.6 Å². The molecule has 0 saturated heterocycles. The summed E-state index contributed by atoms with van der Waals surface area (Å²) in [6.45, 7) is 0.637. The lowest BCUT2D eigenvalue weighted by molar-refractivity contribution is -0.142. The highest BCUT2D eigenvalue weighted by atomic mass is 32.1. The van der Waals surface area contributed by atoms with Gasteiger partial charge in [-0.1, -0.05) is 0 Å². The average Bonchev–Trinajstić information content (AvgIpc) is 2.85. The fraction of sp³-hybridized carbons (Fsp3) is 0.650. The van der Waals surface area contributed by atoms with E-state index in [4.69, 9.17) is 15.9 Å². The molecule has 0 aliphatic rings. The van der Waals surface area contributed by atoms with Crippen LogP contribution in [0.4, 0.5) is 0 Å². The Labute approximate surface area is 222 Å². The van der Waals surface area contributed by atoms with E-state index in [1.54, 1.807) is 0 Å². The summed E-state index contributed by atoms with van der Waals surface area (Å²) in [5.41, 5.74) is 5.50. The van der Waals surface area contributed by atoms with Gasteiger partial charge in [0.1, 0.15) is 24.2 Å². The Balaban J connectivity index is 5.18. The number of carbonyl (C=O) groups excluding carboxylic acids is 5. The molecule has 0 radical (unpaired) electrons. The molecule has 0 heterocycles. The van der Waals surface area contributed by atoms with Gasteiger partial charge in [0.15, 0.2) is 0 Å². The fourth-order valence-electron chi connectivity index (χ4n) is 2.65. The number of hydrogen-bond donors (Lipinski definition) is 11. The number of aliphatic hydroxyl groups excluding tert-OH is 2. The molecule has 0 unspecified atom stereocenters. The smallest absolute Gasteiger partial charge is 0.325 e. The average molecular weight is 567 g/mol. The molecule has 0 saturated carbocycles. The van der Waals surface area contributed by atoms with Crippen molar-refractivity contribution in [2.75, 3.05) is 18.9 Å². The van der Waals surface area contributed by atoms with Crippen molar-refractivity contribution >= 4 is 54.1 Å². The highest BCUT2D eigenvalue weighted by Gasteiger charge is 2.30. The molecule has 0 aliphatic carbocycles. The zero-order valence-corrected chi connectivity index (χ0v) is 21.6. The fourth-order valence-corrected chi connectivity index (χ4v) is 2.82. The molecule has 0 fully saturated rings. The van der Waals surface area contributed by atoms with E-state index in [2.05, 4.69) is 39.2 Å². The largest absolute Gasteiger partial charge is 0.481 e. The maximum atomic E-state index is 12.5. The van der Waals surface area contributed by atoms with Crippen molar-refractivity contribution in [1.82, 2.24) is 26.6 Å². The minimum absolute atomic E-state index is 0.0373. The zero-order valence-electron chi connectivity index (χ0n) is 20.7. The number of thiol groups is 1. The Morgan fingerprint density at radius 3 is 1.89 bits per heavy atom. The number of rotatable bonds is 17. The molecule has 216 valence electrons. The molecule has 11 N–H and O–H groups in total. The quantitative estimate of drug-likeness (QED) is 0.0736. The second-order valence-electron chi connectivity index (χ2n) is 8.10. The van der Waals surface area contributed by atoms with Crippen molar-refractivity contribution in [2.24, 2.45) is 5.73 Å². The summed E-state index contributed by atoms with van der Waals surface area (Å²) in [6.07, 6.45) is -2.37. The summed E-state index contributed by atoms with van der Waals surface area (Å²) in [5.74, 6) is -7.55. The van der Waals surface area contributed by atoms with Gasteiger partial charge in [-0.15, -0.1) is 0 Å². The number of amides is 5. The van der Waals surface area contributed by atoms with Crippen molar-refractivity contribution in [3.8, 4) is 0 Å². The van der Waals surface area contributed by atoms with Gasteiger partial charge in [-0.05, 0) is 20.3 Å². The third kappa shape index (κ3) is 12.7. The molecule has 17 nitrogen and oxygen atoms in total. The van der Waals surface area contributed by atoms with Gasteiger partial charge >= 0.3 is 11.9 Å². The normalized spacial score (nSPS) is 15.4. The zero-order chi connectivity index (χ0) is 29.6. The molecule has 0 bridgehead atoms. The molecule has 0 aromatic heterocycles. The van der Waals surface area contributed by atoms with E-state index >= 15 is 0 Å². The van der Waals surface area contributed by atoms with Gasteiger partial charge in [0.2, 0.25) is 29.5 Å². The molecule has 0 spiro atoms. The van der Waals surface area contributed by atoms with Crippen molar-refractivity contribution in [2.45, 2.75) is 63.0 Å². The molecular weight excluding hydrogens is 532 g/mol. The lowest BCUT2D eigenvalue weighted by Crippen LogP contribution is -2.58. The van der Waals surface area contributed by atoms with E-state index in [0.29, 0.717) is 0 Å². The number of carbonyl (C=O) groups is 7. The van der Waals surface area contributed by atoms with Gasteiger partial charge in [0.05, 0.1) is 25.3 Å². The molecular formula is C20H34N6O11S. The predicted octanol–water partition coefficient (Wildman–Crippen LogP) is -5.36. The summed E-state index contributed by atoms with van der Waals surface area (Å²) in [5, 5.41) is 47.7. The van der Waals surface area contributed by atoms with Crippen LogP contribution in [0.15, 0.2) is 0 Å². The van der Waals surface area contributed by atoms with Crippen LogP contribution in [0.25, 0.3) is 0 Å². The standard InChI is InChI=1S/C20H34N6O11S/c1-8(20(36)37)23-17(33)11(3-4-14(30)31)25-18(34)12(6-27)24-13(29)5-22-19(35)15(9(2)28)26-16(32)10(21)7-38/h8-12,15,27-28,38H,3-7,21H2,1-2H3,(H,22,35)(H,23,33)(H,24,29)(H,25,34)(H,26,32)(H,30,31)(H,36,37)/t8-,9+,10-,11-,12-,15-/m0/s1. The second kappa shape index (κ2) is 17.1. The number of nitrogens with one attached hydrogen (secondary N) is 5. The number of carboxylic acid groups (broad SMARTS) is 2. The molecule has 0 rings (SSSR count). The van der Waals surface area contributed by atoms with Crippen molar-refractivity contribution in [1.29, 1.82) is 0 Å². The first kappa shape index (κ1) is 34.5. The minimum Gasteiger partial charge on any atom is -0.481 e. The first-order valence-corrected chi connectivity index (χ1v) is 11.9. The van der Waals surface area contributed by atoms with Crippen molar-refractivity contribution in [3.63, 3.8) is 0 Å². The molecule has 5 amide bonds. The number of carboxylic acids is 2. The number of aliphatic carboxylic acids is 2. The summed E-state index contributed by atoms with van der Waals surface area (Å²) in [6, 6.07) is -7.04. The Kier molecular flexibility index (Phi) is 15.5. The van der Waals surface area contributed by atoms with Crippen LogP contribution < -0.4 is 32.3 Å². The van der Waals surface area contributed by atoms with Crippen LogP contribution in [0, 0.1) is 0 Å². The van der Waals surface area contributed by atoms with Crippen LogP contribution in [-0.4, -0.2) is 117 Å². The molecule has 18 heteroatoms. The molecule has 0 aromatic carbocycles. The Morgan fingerprint density at radius 1 is 0.842 bits per heavy atom. The van der Waals surface area contributed by atoms with Crippen LogP contribution in [0.5, 0.6) is 0 Å². The van der Waals surface area contributed by atoms with Gasteiger partial charge in [0.25, 0.3) is 0 Å².